The lowest BCUT2D eigenvalue weighted by atomic mass is 10.0. The van der Waals surface area contributed by atoms with Gasteiger partial charge in [0.2, 0.25) is 5.91 Å². The number of anilines is 1. The van der Waals surface area contributed by atoms with Crippen molar-refractivity contribution >= 4 is 79.7 Å². The summed E-state index contributed by atoms with van der Waals surface area (Å²) in [7, 11) is 0. The third-order valence-electron chi connectivity index (χ3n) is 5.54. The second-order valence-corrected chi connectivity index (χ2v) is 10.9. The van der Waals surface area contributed by atoms with Gasteiger partial charge in [0.1, 0.15) is 16.0 Å². The summed E-state index contributed by atoms with van der Waals surface area (Å²) >= 11 is 28.4. The van der Waals surface area contributed by atoms with Crippen LogP contribution in [-0.4, -0.2) is 16.0 Å². The van der Waals surface area contributed by atoms with E-state index in [2.05, 4.69) is 21.2 Å². The van der Waals surface area contributed by atoms with E-state index in [1.165, 1.54) is 24.3 Å². The van der Waals surface area contributed by atoms with E-state index in [0.717, 1.165) is 6.07 Å². The van der Waals surface area contributed by atoms with E-state index < -0.39 is 39.5 Å². The largest absolute Gasteiger partial charge is 0.326 e. The fraction of sp³-hybridized carbons (Fsp3) is 0.167. The maximum atomic E-state index is 14.0. The van der Waals surface area contributed by atoms with E-state index in [1.807, 2.05) is 0 Å². The molecule has 0 radical (unpaired) electrons. The van der Waals surface area contributed by atoms with Crippen LogP contribution < -0.4 is 5.32 Å². The van der Waals surface area contributed by atoms with Crippen molar-refractivity contribution in [2.24, 2.45) is 5.92 Å². The first-order chi connectivity index (χ1) is 16.0. The highest BCUT2D eigenvalue weighted by Crippen LogP contribution is 2.65. The number of Topliss-reactive ketones (excluding diaryl/α,β-unsaturated/α-hetero) is 1. The topological polar surface area (TPSA) is 46.2 Å². The fourth-order valence-electron chi connectivity index (χ4n) is 3.74. The van der Waals surface area contributed by atoms with Crippen LogP contribution >= 0.6 is 62.3 Å². The molecule has 1 saturated carbocycles. The van der Waals surface area contributed by atoms with Crippen LogP contribution in [0.25, 0.3) is 0 Å². The molecule has 0 aromatic heterocycles. The van der Waals surface area contributed by atoms with Crippen molar-refractivity contribution in [3.05, 3.63) is 97.4 Å². The van der Waals surface area contributed by atoms with Gasteiger partial charge in [-0.1, -0.05) is 35.3 Å². The molecule has 0 spiro atoms. The molecular weight excluding hydrogens is 594 g/mol. The Morgan fingerprint density at radius 1 is 0.971 bits per heavy atom. The van der Waals surface area contributed by atoms with E-state index in [-0.39, 0.29) is 22.6 Å². The molecule has 3 aromatic carbocycles. The first-order valence-corrected chi connectivity index (χ1v) is 12.2. The third kappa shape index (κ3) is 5.12. The van der Waals surface area contributed by atoms with Crippen LogP contribution in [0.3, 0.4) is 0 Å². The second kappa shape index (κ2) is 9.75. The molecule has 2 atom stereocenters. The summed E-state index contributed by atoms with van der Waals surface area (Å²) in [6.45, 7) is 0. The zero-order valence-electron chi connectivity index (χ0n) is 17.0. The Kier molecular flexibility index (Phi) is 7.28. The first kappa shape index (κ1) is 25.4. The van der Waals surface area contributed by atoms with Crippen LogP contribution in [0.15, 0.2) is 59.1 Å². The molecule has 1 fully saturated rings. The maximum Gasteiger partial charge on any atom is 0.231 e. The van der Waals surface area contributed by atoms with Crippen molar-refractivity contribution in [3.63, 3.8) is 0 Å². The van der Waals surface area contributed by atoms with Gasteiger partial charge in [0, 0.05) is 34.1 Å². The third-order valence-corrected chi connectivity index (χ3v) is 8.04. The Hall–Kier alpha value is -1.70. The highest BCUT2D eigenvalue weighted by atomic mass is 79.9. The van der Waals surface area contributed by atoms with Gasteiger partial charge in [0.05, 0.1) is 16.0 Å². The summed E-state index contributed by atoms with van der Waals surface area (Å²) in [5.41, 5.74) is 1.12. The lowest BCUT2D eigenvalue weighted by Gasteiger charge is -2.10. The molecule has 1 amide bonds. The maximum absolute atomic E-state index is 14.0. The molecule has 3 nitrogen and oxygen atoms in total. The number of rotatable bonds is 6. The van der Waals surface area contributed by atoms with Gasteiger partial charge in [0.15, 0.2) is 5.78 Å². The number of nitrogens with one attached hydrogen (secondary N) is 1. The number of carbonyl (C=O) groups excluding carboxylic acids is 2. The highest BCUT2D eigenvalue weighted by Gasteiger charge is 2.67. The van der Waals surface area contributed by atoms with Crippen LogP contribution in [0.5, 0.6) is 0 Å². The van der Waals surface area contributed by atoms with Gasteiger partial charge in [0.25, 0.3) is 0 Å². The van der Waals surface area contributed by atoms with E-state index >= 15 is 0 Å². The van der Waals surface area contributed by atoms with Crippen LogP contribution in [0.4, 0.5) is 14.5 Å². The van der Waals surface area contributed by atoms with Gasteiger partial charge in [-0.25, -0.2) is 8.78 Å². The Balaban J connectivity index is 1.51. The first-order valence-electron chi connectivity index (χ1n) is 9.89. The monoisotopic (exact) mass is 605 g/mol. The second-order valence-electron chi connectivity index (χ2n) is 7.82. The van der Waals surface area contributed by atoms with Gasteiger partial charge in [-0.3, -0.25) is 9.59 Å². The van der Waals surface area contributed by atoms with E-state index in [4.69, 9.17) is 46.4 Å². The summed E-state index contributed by atoms with van der Waals surface area (Å²) in [6, 6.07) is 12.5. The van der Waals surface area contributed by atoms with E-state index in [0.29, 0.717) is 26.8 Å². The lowest BCUT2D eigenvalue weighted by Crippen LogP contribution is -2.17. The molecule has 2 unspecified atom stereocenters. The number of ketones is 1. The molecule has 0 heterocycles. The molecule has 176 valence electrons. The Morgan fingerprint density at radius 3 is 2.38 bits per heavy atom. The van der Waals surface area contributed by atoms with Gasteiger partial charge in [-0.05, 0) is 63.5 Å². The molecule has 1 aliphatic carbocycles. The van der Waals surface area contributed by atoms with Crippen LogP contribution in [0, 0.1) is 17.6 Å². The smallest absolute Gasteiger partial charge is 0.231 e. The Bertz CT molecular complexity index is 1320. The predicted octanol–water partition coefficient (Wildman–Crippen LogP) is 7.99. The number of carbonyl (C=O) groups is 2. The normalized spacial score (nSPS) is 18.4. The molecule has 3 aromatic rings. The van der Waals surface area contributed by atoms with Crippen molar-refractivity contribution in [1.29, 1.82) is 0 Å². The Labute approximate surface area is 222 Å². The van der Waals surface area contributed by atoms with E-state index in [1.54, 1.807) is 18.2 Å². The Morgan fingerprint density at radius 2 is 1.71 bits per heavy atom. The molecule has 0 saturated heterocycles. The molecule has 1 N–H and O–H groups in total. The molecule has 0 aliphatic heterocycles. The van der Waals surface area contributed by atoms with Crippen LogP contribution in [0.1, 0.15) is 27.4 Å². The fourth-order valence-corrected chi connectivity index (χ4v) is 5.23. The predicted molar refractivity (Wildman–Crippen MR) is 134 cm³/mol. The number of benzene rings is 3. The van der Waals surface area contributed by atoms with Crippen molar-refractivity contribution in [2.75, 3.05) is 5.32 Å². The number of hydrogen-bond donors (Lipinski definition) is 1. The molecule has 0 bridgehead atoms. The SMILES string of the molecule is O=C(Cc1ccc(F)cc1F)c1cc(NC(=O)C2C(c3ccc(Br)c(Cl)c3)C2(Cl)Cl)ccc1Cl. The minimum Gasteiger partial charge on any atom is -0.326 e. The van der Waals surface area contributed by atoms with Gasteiger partial charge >= 0.3 is 0 Å². The number of amides is 1. The van der Waals surface area contributed by atoms with Crippen molar-refractivity contribution < 1.29 is 18.4 Å². The standard InChI is InChI=1S/C24H14BrCl4F2NO2/c25-16-5-2-12(7-18(16)27)21-22(24(21,28)29)23(34)32-14-4-6-17(26)15(10-14)20(33)8-11-1-3-13(30)9-19(11)31/h1-7,9-10,21-22H,8H2,(H,32,34). The summed E-state index contributed by atoms with van der Waals surface area (Å²) in [6.07, 6.45) is -0.329. The van der Waals surface area contributed by atoms with Crippen molar-refractivity contribution in [1.82, 2.24) is 0 Å². The zero-order chi connectivity index (χ0) is 24.8. The highest BCUT2D eigenvalue weighted by molar-refractivity contribution is 9.10. The molecular formula is C24H14BrCl4F2NO2. The molecule has 4 rings (SSSR count). The summed E-state index contributed by atoms with van der Waals surface area (Å²) in [4.78, 5) is 25.7. The van der Waals surface area contributed by atoms with E-state index in [9.17, 15) is 18.4 Å². The lowest BCUT2D eigenvalue weighted by molar-refractivity contribution is -0.117. The van der Waals surface area contributed by atoms with Gasteiger partial charge in [-0.15, -0.1) is 23.2 Å². The van der Waals surface area contributed by atoms with Gasteiger partial charge in [-0.2, -0.15) is 0 Å². The van der Waals surface area contributed by atoms with Crippen LogP contribution in [-0.2, 0) is 11.2 Å². The minimum absolute atomic E-state index is 0.0277. The quantitative estimate of drug-likeness (QED) is 0.228. The molecule has 34 heavy (non-hydrogen) atoms. The average molecular weight is 608 g/mol. The summed E-state index contributed by atoms with van der Waals surface area (Å²) in [5.74, 6) is -3.74. The average Bonchev–Trinajstić information content (AvgIpc) is 3.35. The van der Waals surface area contributed by atoms with Gasteiger partial charge < -0.3 is 5.32 Å². The van der Waals surface area contributed by atoms with Crippen molar-refractivity contribution in [3.8, 4) is 0 Å². The minimum atomic E-state index is -1.33. The number of hydrogen-bond acceptors (Lipinski definition) is 2. The number of alkyl halides is 2. The number of halogens is 7. The molecule has 1 aliphatic rings. The zero-order valence-corrected chi connectivity index (χ0v) is 21.6. The van der Waals surface area contributed by atoms with Crippen molar-refractivity contribution in [2.45, 2.75) is 16.7 Å². The molecule has 10 heteroatoms. The summed E-state index contributed by atoms with van der Waals surface area (Å²) in [5, 5.41) is 3.30. The van der Waals surface area contributed by atoms with Crippen LogP contribution in [0.2, 0.25) is 10.0 Å². The summed E-state index contributed by atoms with van der Waals surface area (Å²) < 4.78 is 26.5.